The average Bonchev–Trinajstić information content (AvgIpc) is 2.72. The Bertz CT molecular complexity index is 1010. The predicted molar refractivity (Wildman–Crippen MR) is 126 cm³/mol. The van der Waals surface area contributed by atoms with Crippen molar-refractivity contribution in [3.8, 4) is 0 Å². The summed E-state index contributed by atoms with van der Waals surface area (Å²) in [6, 6.07) is 13.4. The molecule has 8 heteroatoms. The highest BCUT2D eigenvalue weighted by atomic mass is 35.5. The third kappa shape index (κ3) is 5.64. The summed E-state index contributed by atoms with van der Waals surface area (Å²) in [5, 5.41) is 10.2. The van der Waals surface area contributed by atoms with Crippen molar-refractivity contribution in [3.05, 3.63) is 64.7 Å². The van der Waals surface area contributed by atoms with Gasteiger partial charge in [0.05, 0.1) is 16.9 Å². The quantitative estimate of drug-likeness (QED) is 0.585. The van der Waals surface area contributed by atoms with Crippen LogP contribution in [0.5, 0.6) is 0 Å². The van der Waals surface area contributed by atoms with Crippen LogP contribution in [0, 0.1) is 18.8 Å². The fourth-order valence-corrected chi connectivity index (χ4v) is 6.94. The van der Waals surface area contributed by atoms with Crippen molar-refractivity contribution in [2.24, 2.45) is 11.8 Å². The zero-order valence-corrected chi connectivity index (χ0v) is 20.3. The first kappa shape index (κ1) is 24.1. The maximum absolute atomic E-state index is 13.6. The molecule has 0 aromatic heterocycles. The van der Waals surface area contributed by atoms with E-state index in [4.69, 9.17) is 11.6 Å². The van der Waals surface area contributed by atoms with E-state index in [2.05, 4.69) is 13.8 Å². The van der Waals surface area contributed by atoms with E-state index in [9.17, 15) is 18.3 Å². The lowest BCUT2D eigenvalue weighted by Crippen LogP contribution is -2.49. The molecule has 1 aliphatic heterocycles. The van der Waals surface area contributed by atoms with Gasteiger partial charge >= 0.3 is 5.97 Å². The average molecular weight is 482 g/mol. The van der Waals surface area contributed by atoms with Crippen LogP contribution in [-0.2, 0) is 14.8 Å². The number of nitrogens with zero attached hydrogens (tertiary/aromatic N) is 1. The maximum atomic E-state index is 13.6. The summed E-state index contributed by atoms with van der Waals surface area (Å²) in [5.74, 6) is -0.473. The summed E-state index contributed by atoms with van der Waals surface area (Å²) < 4.78 is 28.5. The number of hydrogen-bond donors (Lipinski definition) is 1. The molecule has 1 aliphatic rings. The van der Waals surface area contributed by atoms with Crippen LogP contribution in [0.15, 0.2) is 53.4 Å². The van der Waals surface area contributed by atoms with Crippen LogP contribution in [0.25, 0.3) is 0 Å². The summed E-state index contributed by atoms with van der Waals surface area (Å²) in [7, 11) is -3.91. The summed E-state index contributed by atoms with van der Waals surface area (Å²) in [4.78, 5) is 12.2. The number of carboxylic acid groups (broad SMARTS) is 1. The topological polar surface area (TPSA) is 74.7 Å². The highest BCUT2D eigenvalue weighted by Gasteiger charge is 2.45. The molecule has 5 nitrogen and oxygen atoms in total. The van der Waals surface area contributed by atoms with E-state index < -0.39 is 28.0 Å². The van der Waals surface area contributed by atoms with Crippen molar-refractivity contribution in [2.75, 3.05) is 12.3 Å². The fourth-order valence-electron chi connectivity index (χ4n) is 3.78. The van der Waals surface area contributed by atoms with Gasteiger partial charge in [-0.15, -0.1) is 0 Å². The van der Waals surface area contributed by atoms with Crippen LogP contribution >= 0.6 is 23.4 Å². The molecule has 0 bridgehead atoms. The molecule has 168 valence electrons. The molecule has 2 aromatic rings. The molecule has 0 radical (unpaired) electrons. The van der Waals surface area contributed by atoms with E-state index in [0.29, 0.717) is 17.4 Å². The lowest BCUT2D eigenvalue weighted by Gasteiger charge is -2.42. The van der Waals surface area contributed by atoms with E-state index in [1.54, 1.807) is 11.8 Å². The molecule has 1 heterocycles. The zero-order chi connectivity index (χ0) is 22.8. The summed E-state index contributed by atoms with van der Waals surface area (Å²) in [6.07, 6.45) is 0.449. The normalized spacial score (nSPS) is 22.5. The number of sulfonamides is 1. The first-order valence-corrected chi connectivity index (χ1v) is 13.1. The summed E-state index contributed by atoms with van der Waals surface area (Å²) in [5.41, 5.74) is 1.96. The van der Waals surface area contributed by atoms with Gasteiger partial charge in [0.1, 0.15) is 0 Å². The number of hydrogen-bond acceptors (Lipinski definition) is 4. The molecule has 1 saturated heterocycles. The molecular weight excluding hydrogens is 454 g/mol. The van der Waals surface area contributed by atoms with Gasteiger partial charge in [-0.05, 0) is 54.8 Å². The van der Waals surface area contributed by atoms with Crippen molar-refractivity contribution in [1.29, 1.82) is 0 Å². The minimum Gasteiger partial charge on any atom is -0.481 e. The van der Waals surface area contributed by atoms with E-state index in [0.717, 1.165) is 16.9 Å². The molecule has 3 atom stereocenters. The van der Waals surface area contributed by atoms with E-state index in [-0.39, 0.29) is 16.7 Å². The van der Waals surface area contributed by atoms with Gasteiger partial charge < -0.3 is 5.11 Å². The van der Waals surface area contributed by atoms with Gasteiger partial charge in [0.15, 0.2) is 0 Å². The molecule has 0 aliphatic carbocycles. The molecule has 2 aromatic carbocycles. The highest BCUT2D eigenvalue weighted by molar-refractivity contribution is 7.99. The van der Waals surface area contributed by atoms with Gasteiger partial charge in [-0.1, -0.05) is 55.3 Å². The van der Waals surface area contributed by atoms with Crippen molar-refractivity contribution in [1.82, 2.24) is 4.31 Å². The SMILES string of the molecule is Cc1ccc([C@@H]2C[C@@H](SCC(C)C)[C@H](C(=O)O)CN2S(=O)(=O)c2ccc(Cl)cc2)cc1. The van der Waals surface area contributed by atoms with Crippen molar-refractivity contribution >= 4 is 39.4 Å². The third-order valence-electron chi connectivity index (χ3n) is 5.47. The van der Waals surface area contributed by atoms with Crippen LogP contribution in [0.2, 0.25) is 5.02 Å². The minimum atomic E-state index is -3.91. The van der Waals surface area contributed by atoms with E-state index in [1.165, 1.54) is 28.6 Å². The molecule has 31 heavy (non-hydrogen) atoms. The van der Waals surface area contributed by atoms with Crippen molar-refractivity contribution < 1.29 is 18.3 Å². The Morgan fingerprint density at radius 1 is 1.16 bits per heavy atom. The lowest BCUT2D eigenvalue weighted by molar-refractivity contribution is -0.143. The Morgan fingerprint density at radius 3 is 2.32 bits per heavy atom. The Labute approximate surface area is 193 Å². The Morgan fingerprint density at radius 2 is 1.77 bits per heavy atom. The first-order valence-electron chi connectivity index (χ1n) is 10.3. The smallest absolute Gasteiger partial charge is 0.308 e. The summed E-state index contributed by atoms with van der Waals surface area (Å²) >= 11 is 7.58. The third-order valence-corrected chi connectivity index (χ3v) is 9.42. The number of aliphatic carboxylic acids is 1. The predicted octanol–water partition coefficient (Wildman–Crippen LogP) is 5.24. The number of benzene rings is 2. The number of carboxylic acids is 1. The zero-order valence-electron chi connectivity index (χ0n) is 17.9. The maximum Gasteiger partial charge on any atom is 0.308 e. The van der Waals surface area contributed by atoms with E-state index in [1.807, 2.05) is 31.2 Å². The van der Waals surface area contributed by atoms with E-state index >= 15 is 0 Å². The molecule has 3 rings (SSSR count). The minimum absolute atomic E-state index is 0.0609. The number of piperidine rings is 1. The second-order valence-electron chi connectivity index (χ2n) is 8.40. The molecule has 0 amide bonds. The van der Waals surface area contributed by atoms with Gasteiger partial charge in [-0.3, -0.25) is 4.79 Å². The second-order valence-corrected chi connectivity index (χ2v) is 12.0. The Hall–Kier alpha value is -1.54. The second kappa shape index (κ2) is 9.94. The van der Waals surface area contributed by atoms with Gasteiger partial charge in [0.2, 0.25) is 10.0 Å². The first-order chi connectivity index (χ1) is 14.6. The number of carbonyl (C=O) groups is 1. The van der Waals surface area contributed by atoms with Gasteiger partial charge in [0, 0.05) is 16.8 Å². The number of aryl methyl sites for hydroxylation is 1. The van der Waals surface area contributed by atoms with Crippen LogP contribution in [0.3, 0.4) is 0 Å². The van der Waals surface area contributed by atoms with Crippen LogP contribution in [0.4, 0.5) is 0 Å². The molecule has 0 saturated carbocycles. The van der Waals surface area contributed by atoms with Crippen LogP contribution in [-0.4, -0.2) is 41.3 Å². The Balaban J connectivity index is 2.03. The largest absolute Gasteiger partial charge is 0.481 e. The summed E-state index contributed by atoms with van der Waals surface area (Å²) in [6.45, 7) is 6.12. The highest BCUT2D eigenvalue weighted by Crippen LogP contribution is 2.42. The Kier molecular flexibility index (Phi) is 7.73. The number of halogens is 1. The van der Waals surface area contributed by atoms with Crippen molar-refractivity contribution in [3.63, 3.8) is 0 Å². The van der Waals surface area contributed by atoms with Gasteiger partial charge in [-0.2, -0.15) is 16.1 Å². The number of thioether (sulfide) groups is 1. The van der Waals surface area contributed by atoms with Crippen LogP contribution < -0.4 is 0 Å². The lowest BCUT2D eigenvalue weighted by atomic mass is 9.90. The molecule has 1 N–H and O–H groups in total. The molecule has 0 spiro atoms. The monoisotopic (exact) mass is 481 g/mol. The standard InChI is InChI=1S/C23H28ClNO4S2/c1-15(2)14-30-22-12-21(17-6-4-16(3)5-7-17)25(13-20(22)23(26)27)31(28,29)19-10-8-18(24)9-11-19/h4-11,15,20-22H,12-14H2,1-3H3,(H,26,27)/t20-,21+,22-/m1/s1. The molecular formula is C23H28ClNO4S2. The molecule has 1 fully saturated rings. The van der Waals surface area contributed by atoms with Crippen molar-refractivity contribution in [2.45, 2.75) is 43.4 Å². The van der Waals surface area contributed by atoms with Gasteiger partial charge in [0.25, 0.3) is 0 Å². The fraction of sp³-hybridized carbons (Fsp3) is 0.435. The van der Waals surface area contributed by atoms with Gasteiger partial charge in [-0.25, -0.2) is 8.42 Å². The van der Waals surface area contributed by atoms with Crippen LogP contribution in [0.1, 0.15) is 37.4 Å². The molecule has 0 unspecified atom stereocenters. The number of rotatable bonds is 7.